The minimum atomic E-state index is -1.10. The molecule has 3 rings (SSSR count). The monoisotopic (exact) mass is 451 g/mol. The molecule has 0 aliphatic heterocycles. The zero-order valence-corrected chi connectivity index (χ0v) is 17.7. The van der Waals surface area contributed by atoms with E-state index in [0.29, 0.717) is 22.1 Å². The van der Waals surface area contributed by atoms with E-state index in [2.05, 4.69) is 10.4 Å². The van der Waals surface area contributed by atoms with Crippen molar-refractivity contribution in [1.29, 1.82) is 0 Å². The van der Waals surface area contributed by atoms with Gasteiger partial charge in [0.25, 0.3) is 5.91 Å². The molecule has 3 aromatic rings. The van der Waals surface area contributed by atoms with E-state index in [0.717, 1.165) is 0 Å². The molecule has 0 aliphatic rings. The third-order valence-corrected chi connectivity index (χ3v) is 5.24. The van der Waals surface area contributed by atoms with Crippen LogP contribution in [0, 0.1) is 6.92 Å². The Balaban J connectivity index is 1.75. The summed E-state index contributed by atoms with van der Waals surface area (Å²) in [6.45, 7) is 3.08. The van der Waals surface area contributed by atoms with Crippen LogP contribution in [0.25, 0.3) is 5.69 Å². The van der Waals surface area contributed by atoms with E-state index < -0.39 is 18.0 Å². The van der Waals surface area contributed by atoms with Crippen molar-refractivity contribution in [1.82, 2.24) is 9.78 Å². The van der Waals surface area contributed by atoms with Gasteiger partial charge in [0, 0.05) is 0 Å². The van der Waals surface area contributed by atoms with Gasteiger partial charge in [-0.2, -0.15) is 5.10 Å². The van der Waals surface area contributed by atoms with E-state index >= 15 is 0 Å². The summed E-state index contributed by atoms with van der Waals surface area (Å²) in [5.74, 6) is -1.32. The van der Waals surface area contributed by atoms with Gasteiger partial charge in [0.2, 0.25) is 0 Å². The lowest BCUT2D eigenvalue weighted by molar-refractivity contribution is -0.123. The van der Waals surface area contributed by atoms with E-state index in [1.807, 2.05) is 18.2 Å². The molecule has 1 aromatic heterocycles. The van der Waals surface area contributed by atoms with Crippen molar-refractivity contribution in [3.63, 3.8) is 0 Å². The second-order valence-corrected chi connectivity index (χ2v) is 7.28. The summed E-state index contributed by atoms with van der Waals surface area (Å²) in [7, 11) is 0. The number of ether oxygens (including phenoxy) is 1. The quantitative estimate of drug-likeness (QED) is 0.531. The summed E-state index contributed by atoms with van der Waals surface area (Å²) < 4.78 is 6.72. The van der Waals surface area contributed by atoms with Crippen molar-refractivity contribution in [3.05, 3.63) is 75.0 Å². The summed E-state index contributed by atoms with van der Waals surface area (Å²) in [4.78, 5) is 25.0. The average Bonchev–Trinajstić information content (AvgIpc) is 3.00. The number of halogens is 3. The van der Waals surface area contributed by atoms with Gasteiger partial charge < -0.3 is 10.1 Å². The normalized spacial score (nSPS) is 11.8. The number of benzene rings is 2. The molecule has 1 heterocycles. The summed E-state index contributed by atoms with van der Waals surface area (Å²) in [5.41, 5.74) is 1.49. The number of anilines is 1. The van der Waals surface area contributed by atoms with Crippen LogP contribution in [0.5, 0.6) is 0 Å². The molecular weight excluding hydrogens is 437 g/mol. The van der Waals surface area contributed by atoms with Crippen LogP contribution in [0.2, 0.25) is 15.2 Å². The highest BCUT2D eigenvalue weighted by Gasteiger charge is 2.26. The number of carbonyl (C=O) groups is 2. The number of esters is 1. The first-order valence-electron chi connectivity index (χ1n) is 8.56. The summed E-state index contributed by atoms with van der Waals surface area (Å²) >= 11 is 18.4. The minimum Gasteiger partial charge on any atom is -0.449 e. The van der Waals surface area contributed by atoms with E-state index in [1.54, 1.807) is 37.3 Å². The first-order chi connectivity index (χ1) is 13.8. The van der Waals surface area contributed by atoms with Crippen molar-refractivity contribution in [3.8, 4) is 5.69 Å². The fraction of sp³-hybridized carbons (Fsp3) is 0.150. The first-order valence-corrected chi connectivity index (χ1v) is 9.69. The van der Waals surface area contributed by atoms with Crippen LogP contribution < -0.4 is 5.32 Å². The van der Waals surface area contributed by atoms with E-state index in [4.69, 9.17) is 39.5 Å². The van der Waals surface area contributed by atoms with Crippen LogP contribution >= 0.6 is 34.8 Å². The summed E-state index contributed by atoms with van der Waals surface area (Å²) in [5, 5.41) is 7.47. The molecular formula is C20H16Cl3N3O3. The standard InChI is InChI=1S/C20H16Cl3N3O3/c1-11-16(18(23)26(25-11)13-7-4-3-5-8-13)20(28)29-12(2)19(27)24-15-10-6-9-14(21)17(15)22/h3-10,12H,1-2H3,(H,24,27). The number of amides is 1. The molecule has 9 heteroatoms. The SMILES string of the molecule is Cc1nn(-c2ccccc2)c(Cl)c1C(=O)OC(C)C(=O)Nc1cccc(Cl)c1Cl. The number of para-hydroxylation sites is 1. The molecule has 2 aromatic carbocycles. The molecule has 1 atom stereocenters. The van der Waals surface area contributed by atoms with Crippen molar-refractivity contribution in [2.45, 2.75) is 20.0 Å². The molecule has 1 amide bonds. The molecule has 1 unspecified atom stereocenters. The maximum atomic E-state index is 12.6. The highest BCUT2D eigenvalue weighted by atomic mass is 35.5. The van der Waals surface area contributed by atoms with Crippen LogP contribution in [0.4, 0.5) is 5.69 Å². The number of rotatable bonds is 5. The van der Waals surface area contributed by atoms with Gasteiger partial charge in [-0.1, -0.05) is 59.1 Å². The summed E-state index contributed by atoms with van der Waals surface area (Å²) in [6, 6.07) is 13.9. The molecule has 150 valence electrons. The van der Waals surface area contributed by atoms with Gasteiger partial charge in [-0.15, -0.1) is 0 Å². The van der Waals surface area contributed by atoms with Gasteiger partial charge >= 0.3 is 5.97 Å². The zero-order valence-electron chi connectivity index (χ0n) is 15.4. The Bertz CT molecular complexity index is 1070. The molecule has 0 saturated heterocycles. The van der Waals surface area contributed by atoms with Crippen molar-refractivity contribution in [2.24, 2.45) is 0 Å². The lowest BCUT2D eigenvalue weighted by atomic mass is 10.2. The second kappa shape index (κ2) is 8.86. The third kappa shape index (κ3) is 4.56. The first kappa shape index (κ1) is 21.2. The van der Waals surface area contributed by atoms with E-state index in [9.17, 15) is 9.59 Å². The smallest absolute Gasteiger partial charge is 0.344 e. The molecule has 0 spiro atoms. The Kier molecular flexibility index (Phi) is 6.47. The Morgan fingerprint density at radius 1 is 1.07 bits per heavy atom. The number of hydrogen-bond donors (Lipinski definition) is 1. The highest BCUT2D eigenvalue weighted by Crippen LogP contribution is 2.30. The predicted molar refractivity (Wildman–Crippen MR) is 113 cm³/mol. The van der Waals surface area contributed by atoms with Gasteiger partial charge in [0.15, 0.2) is 6.10 Å². The average molecular weight is 453 g/mol. The number of aromatic nitrogens is 2. The van der Waals surface area contributed by atoms with E-state index in [-0.39, 0.29) is 15.7 Å². The van der Waals surface area contributed by atoms with E-state index in [1.165, 1.54) is 11.6 Å². The topological polar surface area (TPSA) is 73.2 Å². The van der Waals surface area contributed by atoms with Crippen LogP contribution in [0.3, 0.4) is 0 Å². The summed E-state index contributed by atoms with van der Waals surface area (Å²) in [6.07, 6.45) is -1.10. The maximum Gasteiger partial charge on any atom is 0.344 e. The molecule has 0 fully saturated rings. The van der Waals surface area contributed by atoms with Gasteiger partial charge in [-0.05, 0) is 38.1 Å². The Morgan fingerprint density at radius 3 is 2.45 bits per heavy atom. The van der Waals surface area contributed by atoms with Gasteiger partial charge in [0.1, 0.15) is 10.7 Å². The molecule has 29 heavy (non-hydrogen) atoms. The number of aryl methyl sites for hydroxylation is 1. The van der Waals surface area contributed by atoms with Crippen molar-refractivity contribution >= 4 is 52.4 Å². The van der Waals surface area contributed by atoms with Gasteiger partial charge in [-0.3, -0.25) is 4.79 Å². The number of carbonyl (C=O) groups excluding carboxylic acids is 2. The highest BCUT2D eigenvalue weighted by molar-refractivity contribution is 6.44. The number of hydrogen-bond acceptors (Lipinski definition) is 4. The molecule has 0 radical (unpaired) electrons. The number of nitrogens with one attached hydrogen (secondary N) is 1. The fourth-order valence-electron chi connectivity index (χ4n) is 2.58. The molecule has 0 saturated carbocycles. The third-order valence-electron chi connectivity index (χ3n) is 4.07. The fourth-order valence-corrected chi connectivity index (χ4v) is 3.28. The van der Waals surface area contributed by atoms with Crippen LogP contribution in [-0.2, 0) is 9.53 Å². The Labute approximate surface area is 182 Å². The van der Waals surface area contributed by atoms with Gasteiger partial charge in [-0.25, -0.2) is 9.48 Å². The molecule has 1 N–H and O–H groups in total. The lowest BCUT2D eigenvalue weighted by Gasteiger charge is -2.14. The second-order valence-electron chi connectivity index (χ2n) is 6.14. The predicted octanol–water partition coefficient (Wildman–Crippen LogP) is 5.32. The number of nitrogens with zero attached hydrogens (tertiary/aromatic N) is 2. The van der Waals surface area contributed by atoms with Gasteiger partial charge in [0.05, 0.1) is 27.1 Å². The molecule has 0 bridgehead atoms. The zero-order chi connectivity index (χ0) is 21.1. The van der Waals surface area contributed by atoms with Crippen molar-refractivity contribution < 1.29 is 14.3 Å². The maximum absolute atomic E-state index is 12.6. The largest absolute Gasteiger partial charge is 0.449 e. The van der Waals surface area contributed by atoms with Crippen LogP contribution in [0.15, 0.2) is 48.5 Å². The van der Waals surface area contributed by atoms with Crippen molar-refractivity contribution in [2.75, 3.05) is 5.32 Å². The molecule has 6 nitrogen and oxygen atoms in total. The Hall–Kier alpha value is -2.54. The van der Waals surface area contributed by atoms with Crippen LogP contribution in [0.1, 0.15) is 23.0 Å². The lowest BCUT2D eigenvalue weighted by Crippen LogP contribution is -2.30. The molecule has 0 aliphatic carbocycles. The van der Waals surface area contributed by atoms with Crippen LogP contribution in [-0.4, -0.2) is 27.8 Å². The minimum absolute atomic E-state index is 0.0935. The Morgan fingerprint density at radius 2 is 1.76 bits per heavy atom.